The molecule has 2 aromatic rings. The molecule has 5 heteroatoms. The number of rotatable bonds is 5. The highest BCUT2D eigenvalue weighted by Crippen LogP contribution is 2.14. The van der Waals surface area contributed by atoms with Gasteiger partial charge in [0.1, 0.15) is 5.75 Å². The predicted octanol–water partition coefficient (Wildman–Crippen LogP) is 3.61. The molecule has 1 amide bonds. The van der Waals surface area contributed by atoms with Gasteiger partial charge in [0, 0.05) is 15.6 Å². The maximum absolute atomic E-state index is 11.9. The fraction of sp³-hybridized carbons (Fsp3) is 0.125. The Morgan fingerprint density at radius 3 is 2.62 bits per heavy atom. The number of carbonyl (C=O) groups is 1. The number of benzene rings is 2. The third kappa shape index (κ3) is 4.43. The van der Waals surface area contributed by atoms with Crippen LogP contribution in [0.4, 0.5) is 0 Å². The minimum absolute atomic E-state index is 0.263. The Kier molecular flexibility index (Phi) is 5.51. The van der Waals surface area contributed by atoms with Crippen molar-refractivity contribution < 1.29 is 9.53 Å². The number of amides is 1. The van der Waals surface area contributed by atoms with Gasteiger partial charge in [0.25, 0.3) is 5.91 Å². The van der Waals surface area contributed by atoms with Gasteiger partial charge < -0.3 is 4.74 Å². The number of hydrogen-bond acceptors (Lipinski definition) is 3. The van der Waals surface area contributed by atoms with E-state index < -0.39 is 0 Å². The summed E-state index contributed by atoms with van der Waals surface area (Å²) in [5, 5.41) is 3.95. The molecule has 0 aliphatic rings. The number of nitrogens with zero attached hydrogens (tertiary/aromatic N) is 1. The van der Waals surface area contributed by atoms with Gasteiger partial charge in [0.15, 0.2) is 0 Å². The minimum Gasteiger partial charge on any atom is -0.494 e. The molecule has 2 rings (SSSR count). The molecule has 0 fully saturated rings. The first-order chi connectivity index (χ1) is 10.2. The first-order valence-electron chi connectivity index (χ1n) is 6.51. The summed E-state index contributed by atoms with van der Waals surface area (Å²) in [6.45, 7) is 2.51. The maximum Gasteiger partial charge on any atom is 0.271 e. The summed E-state index contributed by atoms with van der Waals surface area (Å²) in [6.07, 6.45) is 1.59. The van der Waals surface area contributed by atoms with Crippen molar-refractivity contribution in [2.75, 3.05) is 6.61 Å². The molecule has 0 radical (unpaired) electrons. The highest BCUT2D eigenvalue weighted by Gasteiger charge is 2.04. The largest absolute Gasteiger partial charge is 0.494 e. The van der Waals surface area contributed by atoms with E-state index in [4.69, 9.17) is 4.74 Å². The quantitative estimate of drug-likeness (QED) is 0.664. The molecule has 2 aromatic carbocycles. The molecule has 0 aromatic heterocycles. The topological polar surface area (TPSA) is 50.7 Å². The molecule has 0 heterocycles. The van der Waals surface area contributed by atoms with Crippen molar-refractivity contribution in [3.8, 4) is 5.75 Å². The van der Waals surface area contributed by atoms with Gasteiger partial charge in [-0.15, -0.1) is 0 Å². The molecule has 4 nitrogen and oxygen atoms in total. The second kappa shape index (κ2) is 7.59. The van der Waals surface area contributed by atoms with E-state index in [0.29, 0.717) is 12.2 Å². The molecule has 0 saturated heterocycles. The van der Waals surface area contributed by atoms with Crippen molar-refractivity contribution in [1.29, 1.82) is 0 Å². The number of hydrogen-bond donors (Lipinski definition) is 1. The fourth-order valence-electron chi connectivity index (χ4n) is 1.67. The number of halogens is 1. The van der Waals surface area contributed by atoms with Crippen molar-refractivity contribution in [1.82, 2.24) is 5.43 Å². The Morgan fingerprint density at radius 1 is 1.24 bits per heavy atom. The van der Waals surface area contributed by atoms with E-state index in [2.05, 4.69) is 26.5 Å². The summed E-state index contributed by atoms with van der Waals surface area (Å²) < 4.78 is 6.25. The fourth-order valence-corrected chi connectivity index (χ4v) is 2.06. The normalized spacial score (nSPS) is 10.6. The summed E-state index contributed by atoms with van der Waals surface area (Å²) in [7, 11) is 0. The molecule has 0 atom stereocenters. The molecule has 0 bridgehead atoms. The first kappa shape index (κ1) is 15.3. The van der Waals surface area contributed by atoms with Gasteiger partial charge in [-0.1, -0.05) is 34.1 Å². The summed E-state index contributed by atoms with van der Waals surface area (Å²) in [4.78, 5) is 11.9. The van der Waals surface area contributed by atoms with Crippen LogP contribution in [-0.4, -0.2) is 18.7 Å². The highest BCUT2D eigenvalue weighted by atomic mass is 79.9. The lowest BCUT2D eigenvalue weighted by atomic mass is 10.2. The third-order valence-corrected chi connectivity index (χ3v) is 3.42. The van der Waals surface area contributed by atoms with Crippen LogP contribution in [-0.2, 0) is 0 Å². The summed E-state index contributed by atoms with van der Waals surface area (Å²) >= 11 is 3.41. The molecular weight excluding hydrogens is 332 g/mol. The highest BCUT2D eigenvalue weighted by molar-refractivity contribution is 9.10. The monoisotopic (exact) mass is 346 g/mol. The van der Waals surface area contributed by atoms with Gasteiger partial charge in [-0.3, -0.25) is 4.79 Å². The average Bonchev–Trinajstić information content (AvgIpc) is 2.50. The number of nitrogens with one attached hydrogen (secondary N) is 1. The molecule has 0 aliphatic heterocycles. The SMILES string of the molecule is CCOc1ccc(C(=O)N/N=C\c2ccccc2Br)cc1. The van der Waals surface area contributed by atoms with Crippen molar-refractivity contribution in [2.45, 2.75) is 6.92 Å². The van der Waals surface area contributed by atoms with Crippen LogP contribution in [0, 0.1) is 0 Å². The van der Waals surface area contributed by atoms with Crippen molar-refractivity contribution in [3.63, 3.8) is 0 Å². The van der Waals surface area contributed by atoms with E-state index in [1.54, 1.807) is 30.5 Å². The zero-order valence-electron chi connectivity index (χ0n) is 11.5. The van der Waals surface area contributed by atoms with E-state index in [9.17, 15) is 4.79 Å². The molecule has 21 heavy (non-hydrogen) atoms. The molecule has 108 valence electrons. The second-order valence-corrected chi connectivity index (χ2v) is 5.03. The molecule has 0 spiro atoms. The zero-order chi connectivity index (χ0) is 15.1. The van der Waals surface area contributed by atoms with Crippen LogP contribution in [0.1, 0.15) is 22.8 Å². The summed E-state index contributed by atoms with van der Waals surface area (Å²) in [6, 6.07) is 14.6. The smallest absolute Gasteiger partial charge is 0.271 e. The average molecular weight is 347 g/mol. The van der Waals surface area contributed by atoms with Crippen LogP contribution in [0.5, 0.6) is 5.75 Å². The predicted molar refractivity (Wildman–Crippen MR) is 86.8 cm³/mol. The number of hydrazone groups is 1. The van der Waals surface area contributed by atoms with Crippen LogP contribution < -0.4 is 10.2 Å². The van der Waals surface area contributed by atoms with Gasteiger partial charge in [-0.05, 0) is 37.3 Å². The maximum atomic E-state index is 11.9. The first-order valence-corrected chi connectivity index (χ1v) is 7.31. The van der Waals surface area contributed by atoms with Crippen LogP contribution in [0.25, 0.3) is 0 Å². The second-order valence-electron chi connectivity index (χ2n) is 4.18. The van der Waals surface area contributed by atoms with E-state index in [1.807, 2.05) is 31.2 Å². The van der Waals surface area contributed by atoms with Crippen LogP contribution >= 0.6 is 15.9 Å². The Morgan fingerprint density at radius 2 is 1.95 bits per heavy atom. The minimum atomic E-state index is -0.263. The standard InChI is InChI=1S/C16H15BrN2O2/c1-2-21-14-9-7-12(8-10-14)16(20)19-18-11-13-5-3-4-6-15(13)17/h3-11H,2H2,1H3,(H,19,20)/b18-11-. The zero-order valence-corrected chi connectivity index (χ0v) is 13.1. The van der Waals surface area contributed by atoms with E-state index in [1.165, 1.54) is 0 Å². The molecular formula is C16H15BrN2O2. The van der Waals surface area contributed by atoms with E-state index >= 15 is 0 Å². The van der Waals surface area contributed by atoms with E-state index in [-0.39, 0.29) is 5.91 Å². The van der Waals surface area contributed by atoms with Gasteiger partial charge in [-0.25, -0.2) is 5.43 Å². The summed E-state index contributed by atoms with van der Waals surface area (Å²) in [5.41, 5.74) is 3.92. The van der Waals surface area contributed by atoms with Crippen LogP contribution in [0.3, 0.4) is 0 Å². The van der Waals surface area contributed by atoms with Gasteiger partial charge in [-0.2, -0.15) is 5.10 Å². The molecule has 0 aliphatic carbocycles. The molecule has 0 unspecified atom stereocenters. The number of carbonyl (C=O) groups excluding carboxylic acids is 1. The number of ether oxygens (including phenoxy) is 1. The Balaban J connectivity index is 1.97. The van der Waals surface area contributed by atoms with Gasteiger partial charge in [0.05, 0.1) is 12.8 Å². The van der Waals surface area contributed by atoms with Crippen LogP contribution in [0.2, 0.25) is 0 Å². The Hall–Kier alpha value is -2.14. The molecule has 0 saturated carbocycles. The molecule has 1 N–H and O–H groups in total. The van der Waals surface area contributed by atoms with Crippen LogP contribution in [0.15, 0.2) is 58.1 Å². The van der Waals surface area contributed by atoms with E-state index in [0.717, 1.165) is 15.8 Å². The third-order valence-electron chi connectivity index (χ3n) is 2.70. The van der Waals surface area contributed by atoms with Crippen molar-refractivity contribution in [2.24, 2.45) is 5.10 Å². The Labute approximate surface area is 132 Å². The van der Waals surface area contributed by atoms with Gasteiger partial charge >= 0.3 is 0 Å². The summed E-state index contributed by atoms with van der Waals surface area (Å²) in [5.74, 6) is 0.479. The van der Waals surface area contributed by atoms with Crippen molar-refractivity contribution in [3.05, 3.63) is 64.1 Å². The lowest BCUT2D eigenvalue weighted by Crippen LogP contribution is -2.17. The Bertz CT molecular complexity index is 639. The van der Waals surface area contributed by atoms with Gasteiger partial charge in [0.2, 0.25) is 0 Å². The van der Waals surface area contributed by atoms with Crippen molar-refractivity contribution >= 4 is 28.1 Å². The lowest BCUT2D eigenvalue weighted by molar-refractivity contribution is 0.0955. The lowest BCUT2D eigenvalue weighted by Gasteiger charge is -2.04.